The SMILES string of the molecule is CN(C)CCCn1c(CCNC(=O)Cc2ccc(F)cc2)nc2ccccc21. The van der Waals surface area contributed by atoms with Gasteiger partial charge in [-0.1, -0.05) is 24.3 Å². The van der Waals surface area contributed by atoms with Crippen LogP contribution in [0.3, 0.4) is 0 Å². The second-order valence-corrected chi connectivity index (χ2v) is 7.23. The number of hydrogen-bond acceptors (Lipinski definition) is 3. The lowest BCUT2D eigenvalue weighted by atomic mass is 10.1. The highest BCUT2D eigenvalue weighted by atomic mass is 19.1. The van der Waals surface area contributed by atoms with Crippen molar-refractivity contribution >= 4 is 16.9 Å². The van der Waals surface area contributed by atoms with Crippen molar-refractivity contribution in [3.63, 3.8) is 0 Å². The van der Waals surface area contributed by atoms with Gasteiger partial charge in [0, 0.05) is 19.5 Å². The van der Waals surface area contributed by atoms with Crippen molar-refractivity contribution in [1.82, 2.24) is 19.8 Å². The number of hydrogen-bond donors (Lipinski definition) is 1. The number of aromatic nitrogens is 2. The summed E-state index contributed by atoms with van der Waals surface area (Å²) in [6, 6.07) is 14.2. The Bertz CT molecular complexity index is 918. The first-order valence-corrected chi connectivity index (χ1v) is 9.63. The molecule has 0 saturated heterocycles. The number of nitrogens with zero attached hydrogens (tertiary/aromatic N) is 3. The molecule has 3 aromatic rings. The fourth-order valence-electron chi connectivity index (χ4n) is 3.27. The number of nitrogens with one attached hydrogen (secondary N) is 1. The maximum atomic E-state index is 13.0. The average Bonchev–Trinajstić information content (AvgIpc) is 3.01. The standard InChI is InChI=1S/C22H27FN4O/c1-26(2)14-5-15-27-20-7-4-3-6-19(20)25-21(27)12-13-24-22(28)16-17-8-10-18(23)11-9-17/h3-4,6-11H,5,12-16H2,1-2H3,(H,24,28). The Balaban J connectivity index is 1.59. The Labute approximate surface area is 165 Å². The van der Waals surface area contributed by atoms with Crippen LogP contribution in [-0.4, -0.2) is 47.5 Å². The molecule has 6 heteroatoms. The molecule has 1 heterocycles. The molecule has 1 amide bonds. The fraction of sp³-hybridized carbons (Fsp3) is 0.364. The second kappa shape index (κ2) is 9.46. The number of benzene rings is 2. The quantitative estimate of drug-likeness (QED) is 0.619. The molecule has 1 N–H and O–H groups in total. The highest BCUT2D eigenvalue weighted by molar-refractivity contribution is 5.78. The number of amides is 1. The summed E-state index contributed by atoms with van der Waals surface area (Å²) in [6.07, 6.45) is 1.96. The van der Waals surface area contributed by atoms with Crippen molar-refractivity contribution in [3.8, 4) is 0 Å². The van der Waals surface area contributed by atoms with Crippen LogP contribution in [-0.2, 0) is 24.2 Å². The van der Waals surface area contributed by atoms with Gasteiger partial charge in [-0.2, -0.15) is 0 Å². The fourth-order valence-corrected chi connectivity index (χ4v) is 3.27. The van der Waals surface area contributed by atoms with Crippen molar-refractivity contribution in [2.75, 3.05) is 27.2 Å². The first-order chi connectivity index (χ1) is 13.5. The van der Waals surface area contributed by atoms with Gasteiger partial charge in [-0.25, -0.2) is 9.37 Å². The molecule has 28 heavy (non-hydrogen) atoms. The molecular weight excluding hydrogens is 355 g/mol. The van der Waals surface area contributed by atoms with E-state index >= 15 is 0 Å². The van der Waals surface area contributed by atoms with Crippen LogP contribution in [0.25, 0.3) is 11.0 Å². The minimum Gasteiger partial charge on any atom is -0.355 e. The first kappa shape index (κ1) is 20.0. The number of carbonyl (C=O) groups excluding carboxylic acids is 1. The molecule has 0 saturated carbocycles. The number of fused-ring (bicyclic) bond motifs is 1. The molecule has 0 spiro atoms. The molecule has 0 aliphatic heterocycles. The zero-order chi connectivity index (χ0) is 19.9. The van der Waals surface area contributed by atoms with Gasteiger partial charge in [0.25, 0.3) is 0 Å². The zero-order valence-electron chi connectivity index (χ0n) is 16.5. The Morgan fingerprint density at radius 2 is 1.89 bits per heavy atom. The molecule has 148 valence electrons. The molecule has 0 radical (unpaired) electrons. The van der Waals surface area contributed by atoms with E-state index in [4.69, 9.17) is 4.98 Å². The first-order valence-electron chi connectivity index (χ1n) is 9.63. The minimum atomic E-state index is -0.294. The third kappa shape index (κ3) is 5.39. The number of aryl methyl sites for hydroxylation is 1. The Morgan fingerprint density at radius 3 is 2.64 bits per heavy atom. The van der Waals surface area contributed by atoms with Crippen LogP contribution >= 0.6 is 0 Å². The van der Waals surface area contributed by atoms with Crippen LogP contribution in [0, 0.1) is 5.82 Å². The monoisotopic (exact) mass is 382 g/mol. The van der Waals surface area contributed by atoms with Crippen molar-refractivity contribution in [2.24, 2.45) is 0 Å². The summed E-state index contributed by atoms with van der Waals surface area (Å²) >= 11 is 0. The van der Waals surface area contributed by atoms with Crippen LogP contribution in [0.1, 0.15) is 17.8 Å². The van der Waals surface area contributed by atoms with Crippen molar-refractivity contribution in [2.45, 2.75) is 25.8 Å². The molecular formula is C22H27FN4O. The molecule has 2 aromatic carbocycles. The van der Waals surface area contributed by atoms with Gasteiger partial charge in [0.1, 0.15) is 11.6 Å². The Hall–Kier alpha value is -2.73. The summed E-state index contributed by atoms with van der Waals surface area (Å²) in [7, 11) is 4.15. The van der Waals surface area contributed by atoms with Crippen LogP contribution in [0.5, 0.6) is 0 Å². The lowest BCUT2D eigenvalue weighted by molar-refractivity contribution is -0.120. The molecule has 0 unspecified atom stereocenters. The van der Waals surface area contributed by atoms with E-state index < -0.39 is 0 Å². The van der Waals surface area contributed by atoms with Gasteiger partial charge < -0.3 is 14.8 Å². The van der Waals surface area contributed by atoms with Gasteiger partial charge in [-0.05, 0) is 56.9 Å². The largest absolute Gasteiger partial charge is 0.355 e. The third-order valence-electron chi connectivity index (χ3n) is 4.67. The Morgan fingerprint density at radius 1 is 1.14 bits per heavy atom. The molecule has 0 aliphatic rings. The van der Waals surface area contributed by atoms with Gasteiger partial charge in [0.05, 0.1) is 17.5 Å². The second-order valence-electron chi connectivity index (χ2n) is 7.23. The van der Waals surface area contributed by atoms with E-state index in [1.165, 1.54) is 12.1 Å². The van der Waals surface area contributed by atoms with Gasteiger partial charge in [-0.3, -0.25) is 4.79 Å². The lowest BCUT2D eigenvalue weighted by Gasteiger charge is -2.13. The van der Waals surface area contributed by atoms with Gasteiger partial charge >= 0.3 is 0 Å². The maximum absolute atomic E-state index is 13.0. The normalized spacial score (nSPS) is 11.3. The highest BCUT2D eigenvalue weighted by Gasteiger charge is 2.11. The molecule has 0 fully saturated rings. The number of halogens is 1. The summed E-state index contributed by atoms with van der Waals surface area (Å²) in [5.41, 5.74) is 2.92. The summed E-state index contributed by atoms with van der Waals surface area (Å²) in [5, 5.41) is 2.95. The maximum Gasteiger partial charge on any atom is 0.224 e. The summed E-state index contributed by atoms with van der Waals surface area (Å²) in [4.78, 5) is 19.1. The minimum absolute atomic E-state index is 0.0677. The Kier molecular flexibility index (Phi) is 6.76. The topological polar surface area (TPSA) is 50.2 Å². The van der Waals surface area contributed by atoms with Gasteiger partial charge in [0.2, 0.25) is 5.91 Å². The predicted molar refractivity (Wildman–Crippen MR) is 110 cm³/mol. The zero-order valence-corrected chi connectivity index (χ0v) is 16.5. The van der Waals surface area contributed by atoms with E-state index in [1.54, 1.807) is 12.1 Å². The number of rotatable bonds is 9. The van der Waals surface area contributed by atoms with Crippen LogP contribution in [0.15, 0.2) is 48.5 Å². The predicted octanol–water partition coefficient (Wildman–Crippen LogP) is 3.03. The van der Waals surface area contributed by atoms with Crippen LogP contribution in [0.4, 0.5) is 4.39 Å². The van der Waals surface area contributed by atoms with Gasteiger partial charge in [0.15, 0.2) is 0 Å². The van der Waals surface area contributed by atoms with E-state index in [2.05, 4.69) is 34.9 Å². The molecule has 5 nitrogen and oxygen atoms in total. The molecule has 3 rings (SSSR count). The van der Waals surface area contributed by atoms with E-state index in [9.17, 15) is 9.18 Å². The van der Waals surface area contributed by atoms with E-state index in [1.807, 2.05) is 18.2 Å². The van der Waals surface area contributed by atoms with Crippen molar-refractivity contribution < 1.29 is 9.18 Å². The molecule has 0 atom stereocenters. The highest BCUT2D eigenvalue weighted by Crippen LogP contribution is 2.17. The van der Waals surface area contributed by atoms with Crippen molar-refractivity contribution in [3.05, 3.63) is 65.7 Å². The third-order valence-corrected chi connectivity index (χ3v) is 4.67. The summed E-state index contributed by atoms with van der Waals surface area (Å²) in [6.45, 7) is 2.44. The van der Waals surface area contributed by atoms with Crippen LogP contribution in [0.2, 0.25) is 0 Å². The van der Waals surface area contributed by atoms with E-state index in [0.29, 0.717) is 13.0 Å². The van der Waals surface area contributed by atoms with E-state index in [-0.39, 0.29) is 18.1 Å². The number of carbonyl (C=O) groups is 1. The van der Waals surface area contributed by atoms with Gasteiger partial charge in [-0.15, -0.1) is 0 Å². The molecule has 1 aromatic heterocycles. The van der Waals surface area contributed by atoms with Crippen molar-refractivity contribution in [1.29, 1.82) is 0 Å². The summed E-state index contributed by atoms with van der Waals surface area (Å²) in [5.74, 6) is 0.626. The number of imidazole rings is 1. The molecule has 0 aliphatic carbocycles. The van der Waals surface area contributed by atoms with Crippen LogP contribution < -0.4 is 5.32 Å². The molecule has 0 bridgehead atoms. The number of para-hydroxylation sites is 2. The smallest absolute Gasteiger partial charge is 0.224 e. The van der Waals surface area contributed by atoms with E-state index in [0.717, 1.165) is 41.9 Å². The lowest BCUT2D eigenvalue weighted by Crippen LogP contribution is -2.28. The summed E-state index contributed by atoms with van der Waals surface area (Å²) < 4.78 is 15.2. The average molecular weight is 382 g/mol.